The van der Waals surface area contributed by atoms with E-state index in [2.05, 4.69) is 4.98 Å². The second kappa shape index (κ2) is 6.32. The highest BCUT2D eigenvalue weighted by Crippen LogP contribution is 2.21. The molecular weight excluding hydrogens is 280 g/mol. The Hall–Kier alpha value is -2.14. The van der Waals surface area contributed by atoms with Gasteiger partial charge < -0.3 is 10.1 Å². The van der Waals surface area contributed by atoms with Crippen molar-refractivity contribution in [2.75, 3.05) is 13.1 Å². The number of carboxylic acid groups (broad SMARTS) is 1. The van der Waals surface area contributed by atoms with Gasteiger partial charge in [0.15, 0.2) is 5.78 Å². The number of hydrogen-bond acceptors (Lipinski definition) is 3. The Bertz CT molecular complexity index is 692. The molecule has 0 spiro atoms. The smallest absolute Gasteiger partial charge is 0.320 e. The van der Waals surface area contributed by atoms with Gasteiger partial charge in [0.2, 0.25) is 0 Å². The number of aromatic nitrogens is 1. The first-order chi connectivity index (χ1) is 10.7. The fourth-order valence-corrected chi connectivity index (χ4v) is 3.22. The topological polar surface area (TPSA) is 73.4 Å². The molecule has 1 aromatic heterocycles. The van der Waals surface area contributed by atoms with Crippen molar-refractivity contribution < 1.29 is 14.7 Å². The summed E-state index contributed by atoms with van der Waals surface area (Å²) in [6.45, 7) is 1.27. The molecule has 1 aliphatic rings. The normalized spacial score (nSPS) is 19.4. The molecule has 2 N–H and O–H groups in total. The molecule has 1 unspecified atom stereocenters. The van der Waals surface area contributed by atoms with Crippen LogP contribution in [0.5, 0.6) is 0 Å². The largest absolute Gasteiger partial charge is 0.480 e. The van der Waals surface area contributed by atoms with Crippen LogP contribution >= 0.6 is 0 Å². The zero-order valence-electron chi connectivity index (χ0n) is 12.4. The average molecular weight is 300 g/mol. The third kappa shape index (κ3) is 2.90. The Morgan fingerprint density at radius 2 is 2.09 bits per heavy atom. The summed E-state index contributed by atoms with van der Waals surface area (Å²) >= 11 is 0. The number of para-hydroxylation sites is 1. The molecule has 1 fully saturated rings. The van der Waals surface area contributed by atoms with Gasteiger partial charge >= 0.3 is 5.97 Å². The van der Waals surface area contributed by atoms with Gasteiger partial charge in [0.05, 0.1) is 0 Å². The van der Waals surface area contributed by atoms with E-state index in [1.807, 2.05) is 29.2 Å². The summed E-state index contributed by atoms with van der Waals surface area (Å²) in [5.41, 5.74) is 1.65. The minimum Gasteiger partial charge on any atom is -0.480 e. The number of carboxylic acids is 1. The highest BCUT2D eigenvalue weighted by molar-refractivity contribution is 6.07. The number of Topliss-reactive ketones (excluding diaryl/α,β-unsaturated/α-hetero) is 1. The number of rotatable bonds is 5. The summed E-state index contributed by atoms with van der Waals surface area (Å²) in [5.74, 6) is -0.716. The highest BCUT2D eigenvalue weighted by atomic mass is 16.4. The quantitative estimate of drug-likeness (QED) is 0.833. The van der Waals surface area contributed by atoms with E-state index in [0.29, 0.717) is 24.9 Å². The van der Waals surface area contributed by atoms with Crippen LogP contribution in [0.4, 0.5) is 0 Å². The van der Waals surface area contributed by atoms with Gasteiger partial charge in [-0.2, -0.15) is 0 Å². The maximum Gasteiger partial charge on any atom is 0.320 e. The number of H-pyrrole nitrogens is 1. The van der Waals surface area contributed by atoms with Gasteiger partial charge in [0, 0.05) is 35.6 Å². The van der Waals surface area contributed by atoms with E-state index in [-0.39, 0.29) is 5.78 Å². The Kier molecular flexibility index (Phi) is 4.24. The standard InChI is InChI=1S/C17H20N2O3/c20-16(13-11-18-14-6-2-1-5-12(13)14)8-10-19-9-4-3-7-15(19)17(21)22/h1-2,5-6,11,15,18H,3-4,7-10H2,(H,21,22). The Labute approximate surface area is 128 Å². The van der Waals surface area contributed by atoms with Crippen molar-refractivity contribution in [2.45, 2.75) is 31.7 Å². The van der Waals surface area contributed by atoms with Crippen molar-refractivity contribution in [1.82, 2.24) is 9.88 Å². The molecule has 0 saturated carbocycles. The van der Waals surface area contributed by atoms with Crippen LogP contribution in [0.25, 0.3) is 10.9 Å². The minimum atomic E-state index is -0.778. The summed E-state index contributed by atoms with van der Waals surface area (Å²) < 4.78 is 0. The third-order valence-corrected chi connectivity index (χ3v) is 4.41. The summed E-state index contributed by atoms with van der Waals surface area (Å²) in [7, 11) is 0. The number of fused-ring (bicyclic) bond motifs is 1. The number of carbonyl (C=O) groups is 2. The van der Waals surface area contributed by atoms with Crippen molar-refractivity contribution >= 4 is 22.7 Å². The lowest BCUT2D eigenvalue weighted by Gasteiger charge is -2.32. The number of aliphatic carboxylic acids is 1. The van der Waals surface area contributed by atoms with E-state index in [1.54, 1.807) is 6.20 Å². The van der Waals surface area contributed by atoms with Crippen LogP contribution in [0.1, 0.15) is 36.0 Å². The van der Waals surface area contributed by atoms with Crippen LogP contribution in [-0.2, 0) is 4.79 Å². The fourth-order valence-electron chi connectivity index (χ4n) is 3.22. The number of likely N-dealkylation sites (tertiary alicyclic amines) is 1. The minimum absolute atomic E-state index is 0.0622. The van der Waals surface area contributed by atoms with Gasteiger partial charge in [-0.15, -0.1) is 0 Å². The van der Waals surface area contributed by atoms with Crippen LogP contribution in [0.2, 0.25) is 0 Å². The molecule has 116 valence electrons. The van der Waals surface area contributed by atoms with Gasteiger partial charge in [0.1, 0.15) is 6.04 Å². The van der Waals surface area contributed by atoms with E-state index >= 15 is 0 Å². The molecule has 2 heterocycles. The lowest BCUT2D eigenvalue weighted by molar-refractivity contribution is -0.144. The molecule has 0 bridgehead atoms. The summed E-state index contributed by atoms with van der Waals surface area (Å²) in [6, 6.07) is 7.28. The van der Waals surface area contributed by atoms with Gasteiger partial charge in [-0.25, -0.2) is 0 Å². The molecule has 2 aromatic rings. The van der Waals surface area contributed by atoms with Crippen molar-refractivity contribution in [3.8, 4) is 0 Å². The molecule has 0 radical (unpaired) electrons. The highest BCUT2D eigenvalue weighted by Gasteiger charge is 2.28. The molecule has 3 rings (SSSR count). The fraction of sp³-hybridized carbons (Fsp3) is 0.412. The third-order valence-electron chi connectivity index (χ3n) is 4.41. The SMILES string of the molecule is O=C(CCN1CCCCC1C(=O)O)c1c[nH]c2ccccc12. The number of benzene rings is 1. The molecular formula is C17H20N2O3. The Balaban J connectivity index is 1.68. The molecule has 1 aromatic carbocycles. The molecule has 1 atom stereocenters. The zero-order chi connectivity index (χ0) is 15.5. The molecule has 1 saturated heterocycles. The zero-order valence-corrected chi connectivity index (χ0v) is 12.4. The number of nitrogens with one attached hydrogen (secondary N) is 1. The van der Waals surface area contributed by atoms with Crippen molar-refractivity contribution in [2.24, 2.45) is 0 Å². The Morgan fingerprint density at radius 1 is 1.27 bits per heavy atom. The molecule has 5 heteroatoms. The van der Waals surface area contributed by atoms with Gasteiger partial charge in [0.25, 0.3) is 0 Å². The second-order valence-corrected chi connectivity index (χ2v) is 5.81. The molecule has 0 aliphatic carbocycles. The van der Waals surface area contributed by atoms with E-state index in [9.17, 15) is 14.7 Å². The van der Waals surface area contributed by atoms with Gasteiger partial charge in [-0.3, -0.25) is 14.5 Å². The summed E-state index contributed by atoms with van der Waals surface area (Å²) in [5, 5.41) is 10.2. The van der Waals surface area contributed by atoms with Crippen LogP contribution < -0.4 is 0 Å². The summed E-state index contributed by atoms with van der Waals surface area (Å²) in [6.07, 6.45) is 4.73. The monoisotopic (exact) mass is 300 g/mol. The second-order valence-electron chi connectivity index (χ2n) is 5.81. The van der Waals surface area contributed by atoms with E-state index in [0.717, 1.165) is 30.3 Å². The van der Waals surface area contributed by atoms with Crippen LogP contribution in [0, 0.1) is 0 Å². The van der Waals surface area contributed by atoms with Gasteiger partial charge in [-0.1, -0.05) is 24.6 Å². The first-order valence-electron chi connectivity index (χ1n) is 7.73. The molecule has 22 heavy (non-hydrogen) atoms. The number of carbonyl (C=O) groups excluding carboxylic acids is 1. The average Bonchev–Trinajstić information content (AvgIpc) is 2.97. The maximum absolute atomic E-state index is 12.4. The molecule has 5 nitrogen and oxygen atoms in total. The van der Waals surface area contributed by atoms with Crippen LogP contribution in [0.3, 0.4) is 0 Å². The van der Waals surface area contributed by atoms with Crippen LogP contribution in [0.15, 0.2) is 30.5 Å². The lowest BCUT2D eigenvalue weighted by atomic mass is 10.0. The number of hydrogen-bond donors (Lipinski definition) is 2. The lowest BCUT2D eigenvalue weighted by Crippen LogP contribution is -2.45. The predicted octanol–water partition coefficient (Wildman–Crippen LogP) is 2.68. The van der Waals surface area contributed by atoms with E-state index < -0.39 is 12.0 Å². The van der Waals surface area contributed by atoms with Crippen molar-refractivity contribution in [3.63, 3.8) is 0 Å². The summed E-state index contributed by atoms with van der Waals surface area (Å²) in [4.78, 5) is 28.8. The number of nitrogens with zero attached hydrogens (tertiary/aromatic N) is 1. The van der Waals surface area contributed by atoms with Crippen LogP contribution in [-0.4, -0.2) is 45.9 Å². The Morgan fingerprint density at radius 3 is 2.91 bits per heavy atom. The predicted molar refractivity (Wildman–Crippen MR) is 84.1 cm³/mol. The molecule has 1 aliphatic heterocycles. The van der Waals surface area contributed by atoms with Crippen molar-refractivity contribution in [1.29, 1.82) is 0 Å². The van der Waals surface area contributed by atoms with Gasteiger partial charge in [-0.05, 0) is 25.5 Å². The number of ketones is 1. The first kappa shape index (κ1) is 14.8. The first-order valence-corrected chi connectivity index (χ1v) is 7.73. The molecule has 0 amide bonds. The van der Waals surface area contributed by atoms with E-state index in [4.69, 9.17) is 0 Å². The maximum atomic E-state index is 12.4. The van der Waals surface area contributed by atoms with Crippen molar-refractivity contribution in [3.05, 3.63) is 36.0 Å². The number of aromatic amines is 1. The van der Waals surface area contributed by atoms with E-state index in [1.165, 1.54) is 0 Å². The number of piperidine rings is 1.